The van der Waals surface area contributed by atoms with E-state index in [0.717, 1.165) is 6.07 Å². The fraction of sp³-hybridized carbons (Fsp3) is 0.250. The first kappa shape index (κ1) is 9.55. The van der Waals surface area contributed by atoms with Gasteiger partial charge in [0.2, 0.25) is 11.9 Å². The highest BCUT2D eigenvalue weighted by Crippen LogP contribution is 2.15. The lowest BCUT2D eigenvalue weighted by molar-refractivity contribution is 0.493. The molecule has 0 spiro atoms. The molecule has 0 aromatic carbocycles. The van der Waals surface area contributed by atoms with Gasteiger partial charge in [-0.15, -0.1) is 0 Å². The first-order chi connectivity index (χ1) is 6.15. The Balaban J connectivity index is 2.96. The van der Waals surface area contributed by atoms with Crippen LogP contribution in [0, 0.1) is 23.2 Å². The Hall–Kier alpha value is -1.54. The number of hydrogen-bond donors (Lipinski definition) is 1. The molecule has 0 unspecified atom stereocenters. The zero-order valence-electron chi connectivity index (χ0n) is 6.67. The minimum absolute atomic E-state index is 0.0236. The lowest BCUT2D eigenvalue weighted by Gasteiger charge is -2.07. The van der Waals surface area contributed by atoms with Gasteiger partial charge in [-0.2, -0.15) is 19.0 Å². The van der Waals surface area contributed by atoms with Crippen molar-refractivity contribution >= 4 is 0 Å². The summed E-state index contributed by atoms with van der Waals surface area (Å²) in [5, 5.41) is 8.30. The van der Waals surface area contributed by atoms with Gasteiger partial charge >= 0.3 is 0 Å². The van der Waals surface area contributed by atoms with Crippen molar-refractivity contribution in [2.45, 2.75) is 12.5 Å². The van der Waals surface area contributed by atoms with E-state index in [-0.39, 0.29) is 12.0 Å². The lowest BCUT2D eigenvalue weighted by atomic mass is 10.1. The van der Waals surface area contributed by atoms with Crippen LogP contribution in [0.15, 0.2) is 12.1 Å². The molecule has 0 saturated carbocycles. The van der Waals surface area contributed by atoms with Crippen LogP contribution in [0.2, 0.25) is 0 Å². The molecule has 1 atom stereocenters. The van der Waals surface area contributed by atoms with Gasteiger partial charge in [-0.1, -0.05) is 0 Å². The molecule has 1 aromatic heterocycles. The van der Waals surface area contributed by atoms with Crippen LogP contribution in [0.1, 0.15) is 18.0 Å². The van der Waals surface area contributed by atoms with Gasteiger partial charge in [-0.25, -0.2) is 0 Å². The number of nitrogens with two attached hydrogens (primary N) is 1. The maximum absolute atomic E-state index is 12.9. The van der Waals surface area contributed by atoms with E-state index in [1.165, 1.54) is 6.07 Å². The smallest absolute Gasteiger partial charge is 0.220 e. The predicted octanol–water partition coefficient (Wildman–Crippen LogP) is 1.27. The third kappa shape index (κ3) is 2.20. The Morgan fingerprint density at radius 3 is 2.77 bits per heavy atom. The Kier molecular flexibility index (Phi) is 2.88. The minimum Gasteiger partial charge on any atom is -0.323 e. The number of pyridine rings is 1. The quantitative estimate of drug-likeness (QED) is 0.702. The molecule has 0 fully saturated rings. The molecule has 0 saturated heterocycles. The predicted molar refractivity (Wildman–Crippen MR) is 41.3 cm³/mol. The minimum atomic E-state index is -0.956. The van der Waals surface area contributed by atoms with E-state index in [1.54, 1.807) is 6.07 Å². The summed E-state index contributed by atoms with van der Waals surface area (Å²) in [7, 11) is 0. The summed E-state index contributed by atoms with van der Waals surface area (Å²) < 4.78 is 25.2. The van der Waals surface area contributed by atoms with Crippen molar-refractivity contribution in [2.24, 2.45) is 5.73 Å². The van der Waals surface area contributed by atoms with Gasteiger partial charge < -0.3 is 5.73 Å². The average molecular weight is 183 g/mol. The molecule has 5 heteroatoms. The molecule has 0 aliphatic rings. The van der Waals surface area contributed by atoms with E-state index in [0.29, 0.717) is 0 Å². The van der Waals surface area contributed by atoms with Crippen LogP contribution < -0.4 is 5.73 Å². The molecule has 0 radical (unpaired) electrons. The maximum atomic E-state index is 12.9. The Bertz CT molecular complexity index is 346. The normalized spacial score (nSPS) is 12.2. The van der Waals surface area contributed by atoms with Crippen LogP contribution in [0.4, 0.5) is 8.78 Å². The summed E-state index contributed by atoms with van der Waals surface area (Å²) in [6.45, 7) is 0. The van der Waals surface area contributed by atoms with E-state index in [1.807, 2.05) is 0 Å². The molecule has 68 valence electrons. The number of nitrogens with zero attached hydrogens (tertiary/aromatic N) is 2. The van der Waals surface area contributed by atoms with E-state index in [9.17, 15) is 8.78 Å². The zero-order chi connectivity index (χ0) is 9.84. The van der Waals surface area contributed by atoms with Crippen LogP contribution in [0.25, 0.3) is 0 Å². The fourth-order valence-corrected chi connectivity index (χ4v) is 0.908. The Morgan fingerprint density at radius 2 is 2.23 bits per heavy atom. The van der Waals surface area contributed by atoms with Crippen LogP contribution in [-0.4, -0.2) is 4.98 Å². The van der Waals surface area contributed by atoms with Gasteiger partial charge in [0.15, 0.2) is 0 Å². The van der Waals surface area contributed by atoms with Crippen LogP contribution in [0.3, 0.4) is 0 Å². The van der Waals surface area contributed by atoms with Crippen molar-refractivity contribution in [1.82, 2.24) is 4.98 Å². The van der Waals surface area contributed by atoms with E-state index in [2.05, 4.69) is 4.98 Å². The summed E-state index contributed by atoms with van der Waals surface area (Å²) >= 11 is 0. The molecule has 0 aliphatic heterocycles. The van der Waals surface area contributed by atoms with E-state index in [4.69, 9.17) is 11.0 Å². The second-order valence-corrected chi connectivity index (χ2v) is 2.48. The summed E-state index contributed by atoms with van der Waals surface area (Å²) in [4.78, 5) is 2.95. The van der Waals surface area contributed by atoms with Gasteiger partial charge in [0.25, 0.3) is 0 Å². The molecular weight excluding hydrogens is 176 g/mol. The van der Waals surface area contributed by atoms with Gasteiger partial charge in [0, 0.05) is 11.6 Å². The first-order valence-electron chi connectivity index (χ1n) is 3.59. The van der Waals surface area contributed by atoms with Crippen LogP contribution in [0.5, 0.6) is 0 Å². The fourth-order valence-electron chi connectivity index (χ4n) is 0.908. The monoisotopic (exact) mass is 183 g/mol. The second kappa shape index (κ2) is 3.92. The van der Waals surface area contributed by atoms with Crippen molar-refractivity contribution in [2.75, 3.05) is 0 Å². The molecule has 1 heterocycles. The maximum Gasteiger partial charge on any atom is 0.220 e. The summed E-state index contributed by atoms with van der Waals surface area (Å²) in [5.41, 5.74) is 5.49. The molecule has 0 aliphatic carbocycles. The number of halogens is 2. The van der Waals surface area contributed by atoms with Crippen molar-refractivity contribution < 1.29 is 8.78 Å². The van der Waals surface area contributed by atoms with Gasteiger partial charge in [-0.05, 0) is 12.1 Å². The van der Waals surface area contributed by atoms with Crippen molar-refractivity contribution in [1.29, 1.82) is 5.26 Å². The molecule has 13 heavy (non-hydrogen) atoms. The zero-order valence-corrected chi connectivity index (χ0v) is 6.67. The lowest BCUT2D eigenvalue weighted by Crippen LogP contribution is -2.12. The molecule has 1 rings (SSSR count). The molecular formula is C8H7F2N3. The number of hydrogen-bond acceptors (Lipinski definition) is 3. The number of nitriles is 1. The van der Waals surface area contributed by atoms with Gasteiger partial charge in [0.05, 0.1) is 12.5 Å². The second-order valence-electron chi connectivity index (χ2n) is 2.48. The standard InChI is InChI=1S/C8H7F2N3/c9-7-2-1-5(8(10)13-7)6(12)3-4-11/h1-2,6H,3,12H2/t6-/m1/s1. The van der Waals surface area contributed by atoms with Crippen molar-refractivity contribution in [3.05, 3.63) is 29.6 Å². The van der Waals surface area contributed by atoms with Gasteiger partial charge in [-0.3, -0.25) is 0 Å². The Morgan fingerprint density at radius 1 is 1.54 bits per heavy atom. The third-order valence-corrected chi connectivity index (χ3v) is 1.55. The van der Waals surface area contributed by atoms with Crippen LogP contribution >= 0.6 is 0 Å². The number of rotatable bonds is 2. The highest BCUT2D eigenvalue weighted by Gasteiger charge is 2.12. The largest absolute Gasteiger partial charge is 0.323 e. The van der Waals surface area contributed by atoms with Crippen molar-refractivity contribution in [3.8, 4) is 6.07 Å². The van der Waals surface area contributed by atoms with Crippen LogP contribution in [-0.2, 0) is 0 Å². The third-order valence-electron chi connectivity index (χ3n) is 1.55. The summed E-state index contributed by atoms with van der Waals surface area (Å²) in [6.07, 6.45) is -0.0236. The topological polar surface area (TPSA) is 62.7 Å². The highest BCUT2D eigenvalue weighted by molar-refractivity contribution is 5.16. The summed E-state index contributed by atoms with van der Waals surface area (Å²) in [5.74, 6) is -1.85. The van der Waals surface area contributed by atoms with Crippen molar-refractivity contribution in [3.63, 3.8) is 0 Å². The van der Waals surface area contributed by atoms with E-state index >= 15 is 0 Å². The molecule has 0 amide bonds. The summed E-state index contributed by atoms with van der Waals surface area (Å²) in [6, 6.07) is 3.25. The molecule has 0 bridgehead atoms. The molecule has 3 nitrogen and oxygen atoms in total. The average Bonchev–Trinajstić information content (AvgIpc) is 2.04. The molecule has 2 N–H and O–H groups in total. The first-order valence-corrected chi connectivity index (χ1v) is 3.59. The van der Waals surface area contributed by atoms with Gasteiger partial charge in [0.1, 0.15) is 0 Å². The van der Waals surface area contributed by atoms with E-state index < -0.39 is 17.9 Å². The molecule has 1 aromatic rings. The number of aromatic nitrogens is 1. The SMILES string of the molecule is N#CC[C@@H](N)c1ccc(F)nc1F. The highest BCUT2D eigenvalue weighted by atomic mass is 19.1. The Labute approximate surface area is 73.8 Å².